The number of ether oxygens (including phenoxy) is 1. The lowest BCUT2D eigenvalue weighted by Crippen LogP contribution is -2.02. The zero-order chi connectivity index (χ0) is 5.49. The van der Waals surface area contributed by atoms with Crippen LogP contribution < -0.4 is 0 Å². The lowest BCUT2D eigenvalue weighted by molar-refractivity contribution is 0.329. The van der Waals surface area contributed by atoms with Crippen LogP contribution >= 0.6 is 11.6 Å². The molecular weight excluding hydrogens is 112 g/mol. The fourth-order valence-corrected chi connectivity index (χ4v) is 0.985. The Hall–Kier alpha value is 0.250. The smallest absolute Gasteiger partial charge is 0.100 e. The normalized spacial score (nSPS) is 35.6. The summed E-state index contributed by atoms with van der Waals surface area (Å²) in [5.41, 5.74) is 0.0851. The fourth-order valence-electron chi connectivity index (χ4n) is 0.550. The predicted octanol–water partition coefficient (Wildman–Crippen LogP) is 1.40. The van der Waals surface area contributed by atoms with Gasteiger partial charge in [-0.3, -0.25) is 0 Å². The second kappa shape index (κ2) is 1.36. The van der Waals surface area contributed by atoms with Crippen molar-refractivity contribution in [1.29, 1.82) is 0 Å². The van der Waals surface area contributed by atoms with Gasteiger partial charge in [0.05, 0.1) is 11.5 Å². The maximum absolute atomic E-state index is 5.46. The summed E-state index contributed by atoms with van der Waals surface area (Å²) in [4.78, 5) is 0. The molecule has 42 valence electrons. The molecular formula is C5H9ClO. The minimum Gasteiger partial charge on any atom is -0.365 e. The molecule has 0 aromatic heterocycles. The van der Waals surface area contributed by atoms with E-state index in [1.807, 2.05) is 13.8 Å². The van der Waals surface area contributed by atoms with Crippen molar-refractivity contribution < 1.29 is 4.74 Å². The Morgan fingerprint density at radius 3 is 2.14 bits per heavy atom. The van der Waals surface area contributed by atoms with Crippen molar-refractivity contribution in [3.05, 3.63) is 0 Å². The van der Waals surface area contributed by atoms with Crippen molar-refractivity contribution in [2.45, 2.75) is 25.6 Å². The van der Waals surface area contributed by atoms with Gasteiger partial charge in [0.25, 0.3) is 0 Å². The Labute approximate surface area is 48.6 Å². The van der Waals surface area contributed by atoms with E-state index in [9.17, 15) is 0 Å². The number of rotatable bonds is 1. The predicted molar refractivity (Wildman–Crippen MR) is 29.7 cm³/mol. The molecule has 0 unspecified atom stereocenters. The zero-order valence-corrected chi connectivity index (χ0v) is 5.33. The summed E-state index contributed by atoms with van der Waals surface area (Å²) in [5, 5.41) is 0. The third-order valence-electron chi connectivity index (χ3n) is 1.30. The van der Waals surface area contributed by atoms with E-state index < -0.39 is 0 Å². The van der Waals surface area contributed by atoms with Crippen molar-refractivity contribution >= 4 is 11.6 Å². The van der Waals surface area contributed by atoms with Crippen LogP contribution in [0.2, 0.25) is 0 Å². The number of hydrogen-bond donors (Lipinski definition) is 0. The van der Waals surface area contributed by atoms with Crippen molar-refractivity contribution in [2.24, 2.45) is 0 Å². The van der Waals surface area contributed by atoms with Crippen LogP contribution in [0.1, 0.15) is 13.8 Å². The van der Waals surface area contributed by atoms with Gasteiger partial charge in [-0.15, -0.1) is 11.6 Å². The van der Waals surface area contributed by atoms with Gasteiger partial charge in [0.1, 0.15) is 6.10 Å². The average Bonchev–Trinajstić information content (AvgIpc) is 2.13. The van der Waals surface area contributed by atoms with Gasteiger partial charge in [-0.25, -0.2) is 0 Å². The van der Waals surface area contributed by atoms with E-state index in [-0.39, 0.29) is 5.60 Å². The minimum atomic E-state index is 0.0851. The molecule has 0 aliphatic carbocycles. The molecule has 1 nitrogen and oxygen atoms in total. The Morgan fingerprint density at radius 1 is 1.71 bits per heavy atom. The van der Waals surface area contributed by atoms with Crippen molar-refractivity contribution in [3.63, 3.8) is 0 Å². The van der Waals surface area contributed by atoms with Gasteiger partial charge in [-0.1, -0.05) is 0 Å². The second-order valence-corrected chi connectivity index (χ2v) is 2.67. The molecule has 0 aromatic rings. The van der Waals surface area contributed by atoms with Crippen LogP contribution in [0.15, 0.2) is 0 Å². The molecule has 0 bridgehead atoms. The van der Waals surface area contributed by atoms with Crippen molar-refractivity contribution in [1.82, 2.24) is 0 Å². The molecule has 1 aliphatic rings. The molecule has 1 saturated heterocycles. The first-order chi connectivity index (χ1) is 3.17. The third kappa shape index (κ3) is 0.892. The molecule has 0 N–H and O–H groups in total. The monoisotopic (exact) mass is 120 g/mol. The molecule has 1 rings (SSSR count). The average molecular weight is 121 g/mol. The second-order valence-electron chi connectivity index (χ2n) is 2.36. The Kier molecular flexibility index (Phi) is 1.05. The van der Waals surface area contributed by atoms with Crippen LogP contribution in [-0.4, -0.2) is 17.6 Å². The highest BCUT2D eigenvalue weighted by atomic mass is 35.5. The van der Waals surface area contributed by atoms with E-state index in [4.69, 9.17) is 16.3 Å². The van der Waals surface area contributed by atoms with Gasteiger partial charge in [0.15, 0.2) is 0 Å². The van der Waals surface area contributed by atoms with Crippen LogP contribution in [0.4, 0.5) is 0 Å². The topological polar surface area (TPSA) is 12.5 Å². The number of halogens is 1. The Balaban J connectivity index is 2.30. The summed E-state index contributed by atoms with van der Waals surface area (Å²) in [7, 11) is 0. The summed E-state index contributed by atoms with van der Waals surface area (Å²) in [5.74, 6) is 0.632. The van der Waals surface area contributed by atoms with E-state index in [1.165, 1.54) is 0 Å². The van der Waals surface area contributed by atoms with Gasteiger partial charge in [-0.05, 0) is 13.8 Å². The van der Waals surface area contributed by atoms with Crippen LogP contribution in [0.5, 0.6) is 0 Å². The first-order valence-corrected chi connectivity index (χ1v) is 2.94. The van der Waals surface area contributed by atoms with Crippen LogP contribution in [0, 0.1) is 0 Å². The molecule has 1 fully saturated rings. The van der Waals surface area contributed by atoms with E-state index in [0.717, 1.165) is 0 Å². The van der Waals surface area contributed by atoms with Crippen molar-refractivity contribution in [2.75, 3.05) is 5.88 Å². The fraction of sp³-hybridized carbons (Fsp3) is 1.00. The largest absolute Gasteiger partial charge is 0.365 e. The lowest BCUT2D eigenvalue weighted by atomic mass is 10.2. The molecule has 0 amide bonds. The summed E-state index contributed by atoms with van der Waals surface area (Å²) in [6.07, 6.45) is 0.314. The minimum absolute atomic E-state index is 0.0851. The highest BCUT2D eigenvalue weighted by Crippen LogP contribution is 2.35. The van der Waals surface area contributed by atoms with E-state index in [1.54, 1.807) is 0 Å². The highest BCUT2D eigenvalue weighted by molar-refractivity contribution is 6.18. The van der Waals surface area contributed by atoms with Gasteiger partial charge < -0.3 is 4.74 Å². The van der Waals surface area contributed by atoms with E-state index in [2.05, 4.69) is 0 Å². The maximum atomic E-state index is 5.46. The first-order valence-electron chi connectivity index (χ1n) is 2.40. The molecule has 1 heterocycles. The quantitative estimate of drug-likeness (QED) is 0.377. The summed E-state index contributed by atoms with van der Waals surface area (Å²) >= 11 is 5.46. The number of alkyl halides is 1. The van der Waals surface area contributed by atoms with Gasteiger partial charge in [0.2, 0.25) is 0 Å². The molecule has 0 saturated carbocycles. The molecule has 1 aliphatic heterocycles. The van der Waals surface area contributed by atoms with E-state index >= 15 is 0 Å². The SMILES string of the molecule is CC1(C)O[C@H]1CCl. The summed E-state index contributed by atoms with van der Waals surface area (Å²) in [6, 6.07) is 0. The first kappa shape index (κ1) is 5.39. The third-order valence-corrected chi connectivity index (χ3v) is 1.58. The summed E-state index contributed by atoms with van der Waals surface area (Å²) in [6.45, 7) is 4.08. The Morgan fingerprint density at radius 2 is 2.14 bits per heavy atom. The number of epoxide rings is 1. The van der Waals surface area contributed by atoms with Crippen LogP contribution in [0.25, 0.3) is 0 Å². The van der Waals surface area contributed by atoms with Gasteiger partial charge in [0, 0.05) is 0 Å². The van der Waals surface area contributed by atoms with E-state index in [0.29, 0.717) is 12.0 Å². The maximum Gasteiger partial charge on any atom is 0.100 e. The zero-order valence-electron chi connectivity index (χ0n) is 4.57. The summed E-state index contributed by atoms with van der Waals surface area (Å²) < 4.78 is 5.12. The number of hydrogen-bond acceptors (Lipinski definition) is 1. The van der Waals surface area contributed by atoms with Crippen LogP contribution in [-0.2, 0) is 4.74 Å². The van der Waals surface area contributed by atoms with Crippen LogP contribution in [0.3, 0.4) is 0 Å². The standard InChI is InChI=1S/C5H9ClO/c1-5(2)4(3-6)7-5/h4H,3H2,1-2H3/t4-/m0/s1. The van der Waals surface area contributed by atoms with Gasteiger partial charge in [-0.2, -0.15) is 0 Å². The molecule has 7 heavy (non-hydrogen) atoms. The lowest BCUT2D eigenvalue weighted by Gasteiger charge is -1.87. The molecule has 0 spiro atoms. The van der Waals surface area contributed by atoms with Gasteiger partial charge >= 0.3 is 0 Å². The highest BCUT2D eigenvalue weighted by Gasteiger charge is 2.46. The molecule has 1 atom stereocenters. The molecule has 0 radical (unpaired) electrons. The Bertz CT molecular complexity index is 80.1. The molecule has 2 heteroatoms. The van der Waals surface area contributed by atoms with Crippen molar-refractivity contribution in [3.8, 4) is 0 Å². The molecule has 0 aromatic carbocycles.